The van der Waals surface area contributed by atoms with Crippen LogP contribution >= 0.6 is 0 Å². The van der Waals surface area contributed by atoms with Gasteiger partial charge in [0, 0.05) is 17.5 Å². The van der Waals surface area contributed by atoms with Crippen LogP contribution in [0.1, 0.15) is 33.5 Å². The number of ether oxygens (including phenoxy) is 1. The molecule has 5 nitrogen and oxygen atoms in total. The second kappa shape index (κ2) is 7.26. The van der Waals surface area contributed by atoms with Gasteiger partial charge in [0.15, 0.2) is 5.78 Å². The van der Waals surface area contributed by atoms with Gasteiger partial charge in [0.1, 0.15) is 23.6 Å². The van der Waals surface area contributed by atoms with E-state index in [0.29, 0.717) is 29.9 Å². The van der Waals surface area contributed by atoms with Crippen LogP contribution in [-0.2, 0) is 6.42 Å². The highest BCUT2D eigenvalue weighted by atomic mass is 16.5. The zero-order chi connectivity index (χ0) is 20.7. The Morgan fingerprint density at radius 1 is 0.933 bits per heavy atom. The first kappa shape index (κ1) is 18.3. The Kier molecular flexibility index (Phi) is 4.43. The smallest absolute Gasteiger partial charge is 0.167 e. The summed E-state index contributed by atoms with van der Waals surface area (Å²) in [6, 6.07) is 17.5. The van der Waals surface area contributed by atoms with Crippen molar-refractivity contribution < 1.29 is 9.53 Å². The molecule has 1 aliphatic carbocycles. The highest BCUT2D eigenvalue weighted by Gasteiger charge is 2.27. The maximum atomic E-state index is 12.6. The lowest BCUT2D eigenvalue weighted by molar-refractivity contribution is 0.0992. The van der Waals surface area contributed by atoms with Gasteiger partial charge in [-0.3, -0.25) is 4.79 Å². The van der Waals surface area contributed by atoms with Crippen LogP contribution in [-0.4, -0.2) is 15.8 Å². The Balaban J connectivity index is 1.56. The largest absolute Gasteiger partial charge is 0.457 e. The first-order chi connectivity index (χ1) is 14.6. The van der Waals surface area contributed by atoms with Crippen molar-refractivity contribution in [1.29, 1.82) is 0 Å². The third-order valence-corrected chi connectivity index (χ3v) is 5.63. The number of carbonyl (C=O) groups is 1. The van der Waals surface area contributed by atoms with E-state index >= 15 is 0 Å². The fraction of sp³-hybridized carbons (Fsp3) is 0.160. The molecule has 0 saturated carbocycles. The molecule has 5 rings (SSSR count). The minimum atomic E-state index is 0.110. The van der Waals surface area contributed by atoms with Crippen molar-refractivity contribution >= 4 is 28.2 Å². The summed E-state index contributed by atoms with van der Waals surface area (Å²) < 4.78 is 6.02. The van der Waals surface area contributed by atoms with Crippen LogP contribution in [0.5, 0.6) is 11.5 Å². The summed E-state index contributed by atoms with van der Waals surface area (Å²) in [5, 5.41) is 4.41. The molecule has 0 amide bonds. The lowest BCUT2D eigenvalue weighted by Crippen LogP contribution is -2.02. The predicted octanol–water partition coefficient (Wildman–Crippen LogP) is 5.91. The predicted molar refractivity (Wildman–Crippen MR) is 118 cm³/mol. The van der Waals surface area contributed by atoms with Crippen LogP contribution in [0.4, 0.5) is 11.5 Å². The van der Waals surface area contributed by atoms with Crippen molar-refractivity contribution in [1.82, 2.24) is 9.97 Å². The Bertz CT molecular complexity index is 1280. The first-order valence-corrected chi connectivity index (χ1v) is 10.0. The standard InChI is InChI=1S/C25H21N3O2/c1-15-12-19-21(13-16(15)2)26-14-27-25(19)28-20-9-11-23(24-18(20)8-10-22(24)29)30-17-6-4-3-5-7-17/h3-7,9,11-14H,8,10H2,1-2H3,(H,26,27,28). The van der Waals surface area contributed by atoms with Gasteiger partial charge in [-0.05, 0) is 73.4 Å². The maximum Gasteiger partial charge on any atom is 0.167 e. The summed E-state index contributed by atoms with van der Waals surface area (Å²) in [4.78, 5) is 21.5. The van der Waals surface area contributed by atoms with Crippen molar-refractivity contribution in [2.24, 2.45) is 0 Å². The second-order valence-corrected chi connectivity index (χ2v) is 7.60. The van der Waals surface area contributed by atoms with E-state index < -0.39 is 0 Å². The Morgan fingerprint density at radius 2 is 1.73 bits per heavy atom. The number of nitrogens with zero attached hydrogens (tertiary/aromatic N) is 2. The summed E-state index contributed by atoms with van der Waals surface area (Å²) in [5.41, 5.74) is 5.80. The minimum Gasteiger partial charge on any atom is -0.457 e. The molecule has 0 radical (unpaired) electrons. The average molecular weight is 395 g/mol. The number of carbonyl (C=O) groups excluding carboxylic acids is 1. The minimum absolute atomic E-state index is 0.110. The monoisotopic (exact) mass is 395 g/mol. The SMILES string of the molecule is Cc1cc2ncnc(Nc3ccc(Oc4ccccc4)c4c3CCC4=O)c2cc1C. The number of para-hydroxylation sites is 1. The zero-order valence-electron chi connectivity index (χ0n) is 16.9. The molecule has 1 N–H and O–H groups in total. The molecule has 4 aromatic rings. The van der Waals surface area contributed by atoms with Gasteiger partial charge >= 0.3 is 0 Å². The van der Waals surface area contributed by atoms with Gasteiger partial charge in [0.2, 0.25) is 0 Å². The van der Waals surface area contributed by atoms with Crippen molar-refractivity contribution in [3.8, 4) is 11.5 Å². The van der Waals surface area contributed by atoms with Gasteiger partial charge in [0.25, 0.3) is 0 Å². The van der Waals surface area contributed by atoms with Gasteiger partial charge in [0.05, 0.1) is 11.1 Å². The van der Waals surface area contributed by atoms with Crippen molar-refractivity contribution in [3.63, 3.8) is 0 Å². The average Bonchev–Trinajstić information content (AvgIpc) is 3.14. The van der Waals surface area contributed by atoms with E-state index in [1.54, 1.807) is 6.33 Å². The van der Waals surface area contributed by atoms with Crippen LogP contribution in [0.2, 0.25) is 0 Å². The molecule has 148 valence electrons. The van der Waals surface area contributed by atoms with E-state index in [2.05, 4.69) is 41.3 Å². The van der Waals surface area contributed by atoms with Crippen LogP contribution in [0.3, 0.4) is 0 Å². The molecular formula is C25H21N3O2. The maximum absolute atomic E-state index is 12.6. The molecule has 30 heavy (non-hydrogen) atoms. The number of benzene rings is 3. The van der Waals surface area contributed by atoms with Crippen molar-refractivity contribution in [2.45, 2.75) is 26.7 Å². The number of anilines is 2. The molecule has 1 aromatic heterocycles. The van der Waals surface area contributed by atoms with Crippen molar-refractivity contribution in [3.05, 3.63) is 83.2 Å². The van der Waals surface area contributed by atoms with Gasteiger partial charge in [-0.15, -0.1) is 0 Å². The summed E-state index contributed by atoms with van der Waals surface area (Å²) in [6.45, 7) is 4.16. The third-order valence-electron chi connectivity index (χ3n) is 5.63. The number of fused-ring (bicyclic) bond motifs is 2. The summed E-state index contributed by atoms with van der Waals surface area (Å²) >= 11 is 0. The van der Waals surface area contributed by atoms with Crippen LogP contribution in [0.25, 0.3) is 10.9 Å². The fourth-order valence-electron chi connectivity index (χ4n) is 3.92. The van der Waals surface area contributed by atoms with E-state index in [1.807, 2.05) is 42.5 Å². The van der Waals surface area contributed by atoms with Gasteiger partial charge < -0.3 is 10.1 Å². The summed E-state index contributed by atoms with van der Waals surface area (Å²) in [5.74, 6) is 2.16. The molecule has 0 unspecified atom stereocenters. The number of aryl methyl sites for hydroxylation is 2. The zero-order valence-corrected chi connectivity index (χ0v) is 16.9. The number of ketones is 1. The molecule has 0 atom stereocenters. The van der Waals surface area contributed by atoms with Gasteiger partial charge in [-0.25, -0.2) is 9.97 Å². The van der Waals surface area contributed by atoms with Crippen LogP contribution < -0.4 is 10.1 Å². The molecule has 0 aliphatic heterocycles. The van der Waals surface area contributed by atoms with Crippen molar-refractivity contribution in [2.75, 3.05) is 5.32 Å². The topological polar surface area (TPSA) is 64.1 Å². The number of aromatic nitrogens is 2. The third kappa shape index (κ3) is 3.18. The molecule has 1 aliphatic rings. The molecule has 0 spiro atoms. The Labute approximate surface area is 174 Å². The van der Waals surface area contributed by atoms with Crippen LogP contribution in [0, 0.1) is 13.8 Å². The second-order valence-electron chi connectivity index (χ2n) is 7.60. The summed E-state index contributed by atoms with van der Waals surface area (Å²) in [7, 11) is 0. The highest BCUT2D eigenvalue weighted by Crippen LogP contribution is 2.39. The first-order valence-electron chi connectivity index (χ1n) is 10.0. The lowest BCUT2D eigenvalue weighted by atomic mass is 10.0. The summed E-state index contributed by atoms with van der Waals surface area (Å²) in [6.07, 6.45) is 2.74. The lowest BCUT2D eigenvalue weighted by Gasteiger charge is -2.15. The highest BCUT2D eigenvalue weighted by molar-refractivity contribution is 6.05. The van der Waals surface area contributed by atoms with E-state index in [-0.39, 0.29) is 5.78 Å². The number of hydrogen-bond acceptors (Lipinski definition) is 5. The van der Waals surface area contributed by atoms with E-state index in [4.69, 9.17) is 4.74 Å². The quantitative estimate of drug-likeness (QED) is 0.465. The number of Topliss-reactive ketones (excluding diaryl/α,β-unsaturated/α-hetero) is 1. The van der Waals surface area contributed by atoms with E-state index in [0.717, 1.165) is 28.0 Å². The number of nitrogens with one attached hydrogen (secondary N) is 1. The molecular weight excluding hydrogens is 374 g/mol. The normalized spacial score (nSPS) is 12.8. The Hall–Kier alpha value is -3.73. The molecule has 0 fully saturated rings. The van der Waals surface area contributed by atoms with E-state index in [1.165, 1.54) is 11.1 Å². The van der Waals surface area contributed by atoms with E-state index in [9.17, 15) is 4.79 Å². The number of hydrogen-bond donors (Lipinski definition) is 1. The van der Waals surface area contributed by atoms with Gasteiger partial charge in [-0.2, -0.15) is 0 Å². The van der Waals surface area contributed by atoms with Gasteiger partial charge in [-0.1, -0.05) is 18.2 Å². The molecule has 0 saturated heterocycles. The number of rotatable bonds is 4. The molecule has 1 heterocycles. The van der Waals surface area contributed by atoms with Crippen LogP contribution in [0.15, 0.2) is 60.9 Å². The molecule has 0 bridgehead atoms. The fourth-order valence-corrected chi connectivity index (χ4v) is 3.92. The molecule has 3 aromatic carbocycles. The molecule has 5 heteroatoms. The Morgan fingerprint density at radius 3 is 2.57 bits per heavy atom.